The molecule has 2 aromatic rings. The number of esters is 1. The molecule has 178 valence electrons. The maximum absolute atomic E-state index is 12.9. The average molecular weight is 454 g/mol. The molecule has 0 aromatic heterocycles. The minimum absolute atomic E-state index is 0.00135. The molecule has 0 radical (unpaired) electrons. The second-order valence-corrected chi connectivity index (χ2v) is 8.24. The Hall–Kier alpha value is -3.10. The van der Waals surface area contributed by atoms with Gasteiger partial charge in [-0.2, -0.15) is 0 Å². The number of carbonyl (C=O) groups is 1. The molecule has 2 aromatic carbocycles. The lowest BCUT2D eigenvalue weighted by atomic mass is 10.0. The third-order valence-electron chi connectivity index (χ3n) is 5.66. The van der Waals surface area contributed by atoms with Crippen LogP contribution in [-0.2, 0) is 16.1 Å². The van der Waals surface area contributed by atoms with Gasteiger partial charge in [-0.3, -0.25) is 10.3 Å². The Balaban J connectivity index is 1.89. The second-order valence-electron chi connectivity index (χ2n) is 8.24. The van der Waals surface area contributed by atoms with Crippen LogP contribution in [0.1, 0.15) is 36.6 Å². The number of hydrogen-bond donors (Lipinski definition) is 3. The Kier molecular flexibility index (Phi) is 8.68. The lowest BCUT2D eigenvalue weighted by Gasteiger charge is -2.32. The Morgan fingerprint density at radius 1 is 1.09 bits per heavy atom. The van der Waals surface area contributed by atoms with Crippen molar-refractivity contribution in [2.24, 2.45) is 5.73 Å². The molecule has 1 aliphatic heterocycles. The summed E-state index contributed by atoms with van der Waals surface area (Å²) in [5.74, 6) is 0.385. The molecule has 0 aliphatic carbocycles. The molecule has 1 aliphatic rings. The molecule has 1 atom stereocenters. The summed E-state index contributed by atoms with van der Waals surface area (Å²) in [7, 11) is 2.14. The van der Waals surface area contributed by atoms with E-state index in [9.17, 15) is 4.79 Å². The van der Waals surface area contributed by atoms with E-state index in [1.807, 2.05) is 13.0 Å². The van der Waals surface area contributed by atoms with Crippen molar-refractivity contribution < 1.29 is 14.3 Å². The van der Waals surface area contributed by atoms with Crippen LogP contribution >= 0.6 is 0 Å². The van der Waals surface area contributed by atoms with Gasteiger partial charge in [-0.25, -0.2) is 4.79 Å². The van der Waals surface area contributed by atoms with E-state index in [-0.39, 0.29) is 11.8 Å². The minimum atomic E-state index is -0.695. The number of likely N-dealkylation sites (N-methyl/N-ethyl adjacent to an activating group) is 1. The fraction of sp³-hybridized carbons (Fsp3) is 0.440. The fourth-order valence-electron chi connectivity index (χ4n) is 3.87. The van der Waals surface area contributed by atoms with Crippen LogP contribution < -0.4 is 15.8 Å². The largest absolute Gasteiger partial charge is 0.494 e. The topological polar surface area (TPSA) is 104 Å². The van der Waals surface area contributed by atoms with Gasteiger partial charge >= 0.3 is 5.97 Å². The van der Waals surface area contributed by atoms with Crippen molar-refractivity contribution in [1.29, 1.82) is 5.41 Å². The van der Waals surface area contributed by atoms with Crippen LogP contribution in [0.2, 0.25) is 0 Å². The van der Waals surface area contributed by atoms with Gasteiger partial charge in [0, 0.05) is 44.0 Å². The van der Waals surface area contributed by atoms with Gasteiger partial charge in [-0.15, -0.1) is 0 Å². The molecule has 1 fully saturated rings. The molecule has 1 heterocycles. The number of nitrogens with one attached hydrogen (secondary N) is 2. The number of carbonyl (C=O) groups excluding carboxylic acids is 1. The summed E-state index contributed by atoms with van der Waals surface area (Å²) in [6.07, 6.45) is 0. The van der Waals surface area contributed by atoms with Gasteiger partial charge in [-0.1, -0.05) is 6.07 Å². The highest BCUT2D eigenvalue weighted by Crippen LogP contribution is 2.28. The summed E-state index contributed by atoms with van der Waals surface area (Å²) < 4.78 is 11.2. The molecule has 0 amide bonds. The van der Waals surface area contributed by atoms with Crippen molar-refractivity contribution in [1.82, 2.24) is 9.80 Å². The number of anilines is 1. The maximum atomic E-state index is 12.9. The third-order valence-corrected chi connectivity index (χ3v) is 5.66. The molecule has 0 bridgehead atoms. The first kappa shape index (κ1) is 24.5. The van der Waals surface area contributed by atoms with Gasteiger partial charge < -0.3 is 25.4 Å². The monoisotopic (exact) mass is 453 g/mol. The molecule has 3 rings (SSSR count). The van der Waals surface area contributed by atoms with E-state index in [1.165, 1.54) is 0 Å². The van der Waals surface area contributed by atoms with E-state index in [4.69, 9.17) is 20.6 Å². The zero-order chi connectivity index (χ0) is 23.8. The average Bonchev–Trinajstić information content (AvgIpc) is 2.79. The number of amidine groups is 1. The van der Waals surface area contributed by atoms with Crippen molar-refractivity contribution in [3.63, 3.8) is 0 Å². The van der Waals surface area contributed by atoms with Crippen molar-refractivity contribution in [3.05, 3.63) is 59.2 Å². The van der Waals surface area contributed by atoms with Crippen molar-refractivity contribution in [3.8, 4) is 5.75 Å². The summed E-state index contributed by atoms with van der Waals surface area (Å²) in [6.45, 7) is 9.48. The Labute approximate surface area is 196 Å². The standard InChI is InChI=1S/C25H35N5O3/c1-4-32-22-15-18(17-30-12-10-29(3)11-13-30)14-20(16-22)23(25(31)33-5-2)28-21-8-6-19(7-9-21)24(26)27/h6-9,14-16,23,28H,4-5,10-13,17H2,1-3H3,(H3,26,27). The summed E-state index contributed by atoms with van der Waals surface area (Å²) in [6, 6.07) is 12.4. The van der Waals surface area contributed by atoms with Crippen molar-refractivity contribution in [2.75, 3.05) is 51.8 Å². The summed E-state index contributed by atoms with van der Waals surface area (Å²) >= 11 is 0. The lowest BCUT2D eigenvalue weighted by Crippen LogP contribution is -2.43. The fourth-order valence-corrected chi connectivity index (χ4v) is 3.87. The number of piperazine rings is 1. The first-order valence-corrected chi connectivity index (χ1v) is 11.4. The van der Waals surface area contributed by atoms with Crippen LogP contribution in [0.15, 0.2) is 42.5 Å². The molecular weight excluding hydrogens is 418 g/mol. The predicted molar refractivity (Wildman–Crippen MR) is 131 cm³/mol. The van der Waals surface area contributed by atoms with Crippen LogP contribution in [0.4, 0.5) is 5.69 Å². The zero-order valence-electron chi connectivity index (χ0n) is 19.8. The van der Waals surface area contributed by atoms with E-state index < -0.39 is 6.04 Å². The molecular formula is C25H35N5O3. The van der Waals surface area contributed by atoms with Crippen molar-refractivity contribution >= 4 is 17.5 Å². The van der Waals surface area contributed by atoms with Crippen molar-refractivity contribution in [2.45, 2.75) is 26.4 Å². The maximum Gasteiger partial charge on any atom is 0.333 e. The van der Waals surface area contributed by atoms with Gasteiger partial charge in [0.25, 0.3) is 0 Å². The van der Waals surface area contributed by atoms with Gasteiger partial charge in [0.1, 0.15) is 11.6 Å². The second kappa shape index (κ2) is 11.7. The first-order chi connectivity index (χ1) is 15.9. The summed E-state index contributed by atoms with van der Waals surface area (Å²) in [5.41, 5.74) is 8.81. The van der Waals surface area contributed by atoms with Gasteiger partial charge in [0.05, 0.1) is 13.2 Å². The minimum Gasteiger partial charge on any atom is -0.494 e. The van der Waals surface area contributed by atoms with E-state index in [0.717, 1.165) is 55.3 Å². The number of nitrogens with two attached hydrogens (primary N) is 1. The van der Waals surface area contributed by atoms with Crippen LogP contribution in [-0.4, -0.2) is 68.0 Å². The number of benzene rings is 2. The molecule has 1 saturated heterocycles. The SMILES string of the molecule is CCOC(=O)C(Nc1ccc(C(=N)N)cc1)c1cc(CN2CCN(C)CC2)cc(OCC)c1. The number of nitrogen functional groups attached to an aromatic ring is 1. The van der Waals surface area contributed by atoms with Gasteiger partial charge in [0.2, 0.25) is 0 Å². The molecule has 0 spiro atoms. The first-order valence-electron chi connectivity index (χ1n) is 11.4. The molecule has 0 saturated carbocycles. The number of rotatable bonds is 10. The number of nitrogens with zero attached hydrogens (tertiary/aromatic N) is 2. The molecule has 8 heteroatoms. The molecule has 8 nitrogen and oxygen atoms in total. The van der Waals surface area contributed by atoms with Crippen LogP contribution in [0.25, 0.3) is 0 Å². The van der Waals surface area contributed by atoms with Gasteiger partial charge in [0.15, 0.2) is 6.04 Å². The highest BCUT2D eigenvalue weighted by atomic mass is 16.5. The van der Waals surface area contributed by atoms with Crippen LogP contribution in [0.3, 0.4) is 0 Å². The highest BCUT2D eigenvalue weighted by molar-refractivity contribution is 5.95. The molecule has 4 N–H and O–H groups in total. The zero-order valence-corrected chi connectivity index (χ0v) is 19.8. The molecule has 1 unspecified atom stereocenters. The quantitative estimate of drug-likeness (QED) is 0.289. The van der Waals surface area contributed by atoms with E-state index >= 15 is 0 Å². The van der Waals surface area contributed by atoms with E-state index in [2.05, 4.69) is 34.3 Å². The smallest absolute Gasteiger partial charge is 0.333 e. The number of hydrogen-bond acceptors (Lipinski definition) is 7. The Morgan fingerprint density at radius 2 is 1.79 bits per heavy atom. The third kappa shape index (κ3) is 6.94. The molecule has 33 heavy (non-hydrogen) atoms. The van der Waals surface area contributed by atoms with E-state index in [0.29, 0.717) is 18.8 Å². The van der Waals surface area contributed by atoms with E-state index in [1.54, 1.807) is 31.2 Å². The normalized spacial score (nSPS) is 15.6. The van der Waals surface area contributed by atoms with Gasteiger partial charge in [-0.05, 0) is 68.4 Å². The van der Waals surface area contributed by atoms with Crippen LogP contribution in [0, 0.1) is 5.41 Å². The Morgan fingerprint density at radius 3 is 2.39 bits per heavy atom. The Bertz CT molecular complexity index is 940. The summed E-state index contributed by atoms with van der Waals surface area (Å²) in [5, 5.41) is 10.9. The summed E-state index contributed by atoms with van der Waals surface area (Å²) in [4.78, 5) is 17.7. The van der Waals surface area contributed by atoms with Crippen LogP contribution in [0.5, 0.6) is 5.75 Å². The highest BCUT2D eigenvalue weighted by Gasteiger charge is 2.24. The lowest BCUT2D eigenvalue weighted by molar-refractivity contribution is -0.144. The number of ether oxygens (including phenoxy) is 2. The predicted octanol–water partition coefficient (Wildman–Crippen LogP) is 2.83.